The second kappa shape index (κ2) is 14.4. The third-order valence-electron chi connectivity index (χ3n) is 8.55. The van der Waals surface area contributed by atoms with E-state index in [0.717, 1.165) is 29.8 Å². The van der Waals surface area contributed by atoms with Crippen molar-refractivity contribution in [3.05, 3.63) is 75.9 Å². The third kappa shape index (κ3) is 7.00. The predicted octanol–water partition coefficient (Wildman–Crippen LogP) is 4.40. The summed E-state index contributed by atoms with van der Waals surface area (Å²) < 4.78 is 17.1. The largest absolute Gasteiger partial charge is 0.493 e. The van der Waals surface area contributed by atoms with Crippen LogP contribution in [0.3, 0.4) is 0 Å². The second-order valence-electron chi connectivity index (χ2n) is 11.3. The van der Waals surface area contributed by atoms with Crippen LogP contribution in [0.25, 0.3) is 11.1 Å². The summed E-state index contributed by atoms with van der Waals surface area (Å²) in [6.45, 7) is 4.96. The van der Waals surface area contributed by atoms with Crippen LogP contribution in [0.2, 0.25) is 0 Å². The first-order valence-corrected chi connectivity index (χ1v) is 15.4. The van der Waals surface area contributed by atoms with Gasteiger partial charge >= 0.3 is 0 Å². The molecule has 1 aliphatic carbocycles. The van der Waals surface area contributed by atoms with Crippen molar-refractivity contribution in [1.29, 1.82) is 0 Å². The molecule has 1 atom stereocenters. The van der Waals surface area contributed by atoms with E-state index in [4.69, 9.17) is 14.2 Å². The molecule has 0 aromatic heterocycles. The van der Waals surface area contributed by atoms with E-state index in [-0.39, 0.29) is 23.3 Å². The number of aryl methyl sites for hydroxylation is 1. The highest BCUT2D eigenvalue weighted by molar-refractivity contribution is 5.84. The topological polar surface area (TPSA) is 109 Å². The number of carbonyl (C=O) groups excluding carboxylic acids is 2. The Morgan fingerprint density at radius 3 is 2.31 bits per heavy atom. The number of anilines is 2. The lowest BCUT2D eigenvalue weighted by Gasteiger charge is -2.36. The summed E-state index contributed by atoms with van der Waals surface area (Å²) in [4.78, 5) is 42.9. The van der Waals surface area contributed by atoms with Gasteiger partial charge in [-0.25, -0.2) is 0 Å². The standard InChI is InChI=1S/C35H42N4O6/c1-23(40)37-28-14-12-24-21-31(43-2)34(44-3)35(45-4)33(24)26-13-15-29(30(41)22-27(26)28)36-16-8-11-32(42)39-19-17-38(18-20-39)25-9-6-5-7-10-25/h5-7,9-10,13,15,21-22,28H,8,11-12,14,16-20H2,1-4H3,(H,36,41)(H,37,40). The van der Waals surface area contributed by atoms with Crippen LogP contribution < -0.4 is 35.2 Å². The predicted molar refractivity (Wildman–Crippen MR) is 176 cm³/mol. The SMILES string of the molecule is COc1cc2c(c(OC)c1OC)-c1ccc(NCCCC(=O)N3CCN(c4ccccc4)CC3)c(=O)cc1C(NC(C)=O)CC2. The Morgan fingerprint density at radius 1 is 0.911 bits per heavy atom. The molecule has 2 amide bonds. The maximum Gasteiger partial charge on any atom is 0.222 e. The number of benzene rings is 2. The van der Waals surface area contributed by atoms with Gasteiger partial charge in [0.2, 0.25) is 23.0 Å². The van der Waals surface area contributed by atoms with Crippen molar-refractivity contribution in [2.45, 2.75) is 38.6 Å². The molecule has 0 bridgehead atoms. The van der Waals surface area contributed by atoms with E-state index in [1.54, 1.807) is 33.5 Å². The molecule has 1 fully saturated rings. The molecule has 1 heterocycles. The van der Waals surface area contributed by atoms with Crippen LogP contribution in [0, 0.1) is 0 Å². The molecule has 238 valence electrons. The lowest BCUT2D eigenvalue weighted by atomic mass is 9.95. The fourth-order valence-electron chi connectivity index (χ4n) is 6.33. The van der Waals surface area contributed by atoms with Crippen LogP contribution in [0.1, 0.15) is 43.4 Å². The van der Waals surface area contributed by atoms with E-state index < -0.39 is 0 Å². The number of amides is 2. The van der Waals surface area contributed by atoms with E-state index in [9.17, 15) is 14.4 Å². The van der Waals surface area contributed by atoms with Crippen LogP contribution in [-0.2, 0) is 16.0 Å². The van der Waals surface area contributed by atoms with Crippen molar-refractivity contribution in [1.82, 2.24) is 10.2 Å². The number of nitrogens with one attached hydrogen (secondary N) is 2. The van der Waals surface area contributed by atoms with E-state index >= 15 is 0 Å². The first kappa shape index (κ1) is 31.7. The summed E-state index contributed by atoms with van der Waals surface area (Å²) >= 11 is 0. The van der Waals surface area contributed by atoms with Crippen molar-refractivity contribution in [2.24, 2.45) is 0 Å². The number of piperazine rings is 1. The van der Waals surface area contributed by atoms with Gasteiger partial charge < -0.3 is 34.6 Å². The highest BCUT2D eigenvalue weighted by Crippen LogP contribution is 2.50. The average molecular weight is 615 g/mol. The molecule has 1 aliphatic heterocycles. The van der Waals surface area contributed by atoms with Crippen molar-refractivity contribution in [2.75, 3.05) is 64.3 Å². The van der Waals surface area contributed by atoms with Crippen LogP contribution in [-0.4, -0.2) is 70.8 Å². The molecule has 2 N–H and O–H groups in total. The molecular formula is C35H42N4O6. The summed E-state index contributed by atoms with van der Waals surface area (Å²) in [5, 5.41) is 6.28. The summed E-state index contributed by atoms with van der Waals surface area (Å²) in [5.74, 6) is 1.46. The molecule has 10 nitrogen and oxygen atoms in total. The fraction of sp³-hybridized carbons (Fsp3) is 0.400. The van der Waals surface area contributed by atoms with Gasteiger partial charge in [-0.2, -0.15) is 0 Å². The fourth-order valence-corrected chi connectivity index (χ4v) is 6.33. The van der Waals surface area contributed by atoms with Crippen LogP contribution in [0.5, 0.6) is 17.2 Å². The van der Waals surface area contributed by atoms with E-state index in [1.165, 1.54) is 12.6 Å². The Labute approximate surface area is 264 Å². The number of ether oxygens (including phenoxy) is 3. The number of hydrogen-bond acceptors (Lipinski definition) is 8. The third-order valence-corrected chi connectivity index (χ3v) is 8.55. The molecule has 45 heavy (non-hydrogen) atoms. The lowest BCUT2D eigenvalue weighted by Crippen LogP contribution is -2.48. The lowest BCUT2D eigenvalue weighted by molar-refractivity contribution is -0.131. The Hall–Kier alpha value is -4.73. The Balaban J connectivity index is 1.32. The van der Waals surface area contributed by atoms with E-state index in [0.29, 0.717) is 73.8 Å². The summed E-state index contributed by atoms with van der Waals surface area (Å²) in [6.07, 6.45) is 2.21. The number of methoxy groups -OCH3 is 3. The zero-order valence-corrected chi connectivity index (χ0v) is 26.5. The Morgan fingerprint density at radius 2 is 1.64 bits per heavy atom. The van der Waals surface area contributed by atoms with Crippen LogP contribution in [0.15, 0.2) is 59.4 Å². The monoisotopic (exact) mass is 614 g/mol. The van der Waals surface area contributed by atoms with Crippen molar-refractivity contribution >= 4 is 23.2 Å². The minimum atomic E-state index is -0.375. The molecule has 3 aromatic rings. The van der Waals surface area contributed by atoms with E-state index in [1.807, 2.05) is 35.2 Å². The quantitative estimate of drug-likeness (QED) is 0.324. The summed E-state index contributed by atoms with van der Waals surface area (Å²) in [5.41, 5.74) is 4.66. The van der Waals surface area contributed by atoms with Crippen molar-refractivity contribution in [3.63, 3.8) is 0 Å². The average Bonchev–Trinajstić information content (AvgIpc) is 3.30. The number of carbonyl (C=O) groups is 2. The van der Waals surface area contributed by atoms with Gasteiger partial charge in [-0.3, -0.25) is 14.4 Å². The van der Waals surface area contributed by atoms with Crippen LogP contribution in [0.4, 0.5) is 11.4 Å². The number of rotatable bonds is 10. The number of hydrogen-bond donors (Lipinski definition) is 2. The highest BCUT2D eigenvalue weighted by atomic mass is 16.5. The van der Waals surface area contributed by atoms with Gasteiger partial charge in [0.1, 0.15) is 0 Å². The molecule has 0 saturated carbocycles. The number of fused-ring (bicyclic) bond motifs is 3. The second-order valence-corrected chi connectivity index (χ2v) is 11.3. The van der Waals surface area contributed by atoms with Gasteiger partial charge in [0.05, 0.1) is 33.1 Å². The molecule has 2 aliphatic rings. The molecular weight excluding hydrogens is 572 g/mol. The van der Waals surface area contributed by atoms with Gasteiger partial charge in [0.25, 0.3) is 0 Å². The van der Waals surface area contributed by atoms with Gasteiger partial charge in [-0.1, -0.05) is 24.3 Å². The van der Waals surface area contributed by atoms with Gasteiger partial charge in [0.15, 0.2) is 11.5 Å². The first-order valence-electron chi connectivity index (χ1n) is 15.4. The maximum absolute atomic E-state index is 13.5. The number of nitrogens with zero attached hydrogens (tertiary/aromatic N) is 2. The Kier molecular flexibility index (Phi) is 10.1. The molecule has 1 unspecified atom stereocenters. The van der Waals surface area contributed by atoms with Crippen LogP contribution >= 0.6 is 0 Å². The van der Waals surface area contributed by atoms with Crippen molar-refractivity contribution in [3.8, 4) is 28.4 Å². The normalized spacial score (nSPS) is 15.7. The van der Waals surface area contributed by atoms with Gasteiger partial charge in [-0.05, 0) is 66.3 Å². The van der Waals surface area contributed by atoms with Gasteiger partial charge in [-0.15, -0.1) is 0 Å². The minimum Gasteiger partial charge on any atom is -0.493 e. The summed E-state index contributed by atoms with van der Waals surface area (Å²) in [7, 11) is 4.71. The van der Waals surface area contributed by atoms with E-state index in [2.05, 4.69) is 27.7 Å². The zero-order valence-electron chi connectivity index (χ0n) is 26.5. The smallest absolute Gasteiger partial charge is 0.222 e. The zero-order chi connectivity index (χ0) is 31.9. The minimum absolute atomic E-state index is 0.128. The molecule has 1 saturated heterocycles. The Bertz CT molecular complexity index is 1590. The molecule has 0 spiro atoms. The van der Waals surface area contributed by atoms with Gasteiger partial charge in [0, 0.05) is 57.3 Å². The molecule has 3 aromatic carbocycles. The molecule has 0 radical (unpaired) electrons. The van der Waals surface area contributed by atoms with Crippen molar-refractivity contribution < 1.29 is 23.8 Å². The molecule has 10 heteroatoms. The maximum atomic E-state index is 13.5. The highest BCUT2D eigenvalue weighted by Gasteiger charge is 2.29. The summed E-state index contributed by atoms with van der Waals surface area (Å²) in [6, 6.07) is 17.1. The first-order chi connectivity index (χ1) is 21.8. The number of para-hydroxylation sites is 1. The molecule has 5 rings (SSSR count).